The second kappa shape index (κ2) is 18.5. The van der Waals surface area contributed by atoms with Gasteiger partial charge in [0.05, 0.1) is 11.1 Å². The van der Waals surface area contributed by atoms with Crippen LogP contribution in [0.15, 0.2) is 23.7 Å². The Kier molecular flexibility index (Phi) is 17.3. The Morgan fingerprint density at radius 3 is 1.09 bits per heavy atom. The van der Waals surface area contributed by atoms with Gasteiger partial charge in [-0.3, -0.25) is 0 Å². The van der Waals surface area contributed by atoms with Gasteiger partial charge >= 0.3 is 18.1 Å². The highest BCUT2D eigenvalue weighted by atomic mass is 17.2. The topological polar surface area (TPSA) is 144 Å². The van der Waals surface area contributed by atoms with Crippen molar-refractivity contribution in [2.45, 2.75) is 160 Å². The van der Waals surface area contributed by atoms with Gasteiger partial charge in [-0.15, -0.1) is 0 Å². The van der Waals surface area contributed by atoms with Crippen molar-refractivity contribution in [2.24, 2.45) is 10.8 Å². The summed E-state index contributed by atoms with van der Waals surface area (Å²) in [4.78, 5) is 58.0. The van der Waals surface area contributed by atoms with E-state index in [2.05, 4.69) is 41.5 Å². The molecule has 0 N–H and O–H groups in total. The van der Waals surface area contributed by atoms with E-state index in [1.54, 1.807) is 0 Å². The van der Waals surface area contributed by atoms with E-state index < -0.39 is 54.5 Å². The van der Waals surface area contributed by atoms with Crippen LogP contribution in [0.4, 0.5) is 4.79 Å². The minimum Gasteiger partial charge on any atom is -0.432 e. The van der Waals surface area contributed by atoms with Crippen LogP contribution in [0.25, 0.3) is 0 Å². The van der Waals surface area contributed by atoms with Crippen LogP contribution in [0.2, 0.25) is 0 Å². The van der Waals surface area contributed by atoms with E-state index in [1.807, 2.05) is 27.7 Å². The van der Waals surface area contributed by atoms with Gasteiger partial charge in [0.15, 0.2) is 0 Å². The summed E-state index contributed by atoms with van der Waals surface area (Å²) in [5.74, 6) is -1.45. The first-order valence-electron chi connectivity index (χ1n) is 15.3. The third kappa shape index (κ3) is 21.8. The van der Waals surface area contributed by atoms with E-state index >= 15 is 0 Å². The fraction of sp³-hybridized carbons (Fsp3) is 0.788. The molecule has 0 rings (SSSR count). The SMILES string of the molecule is C/C(=C\OOC(C)(C)CC(C)(C)C)C(=O)OC(C)OC(C)OC(=O)OC(C)OC(C)OC(=O)/C(C)=C/OOC(C)(C)CC(C)(C)C. The number of rotatable bonds is 18. The smallest absolute Gasteiger partial charge is 0.432 e. The molecule has 0 aromatic heterocycles. The summed E-state index contributed by atoms with van der Waals surface area (Å²) in [6.45, 7) is 28.7. The summed E-state index contributed by atoms with van der Waals surface area (Å²) < 4.78 is 31.1. The summed E-state index contributed by atoms with van der Waals surface area (Å²) in [6, 6.07) is 0. The molecule has 0 saturated carbocycles. The molecule has 0 saturated heterocycles. The Morgan fingerprint density at radius 1 is 0.522 bits per heavy atom. The van der Waals surface area contributed by atoms with Crippen LogP contribution in [-0.2, 0) is 57.6 Å². The zero-order valence-corrected chi connectivity index (χ0v) is 30.7. The molecular weight excluding hydrogens is 604 g/mol. The van der Waals surface area contributed by atoms with Crippen LogP contribution < -0.4 is 0 Å². The van der Waals surface area contributed by atoms with Crippen LogP contribution in [0.1, 0.15) is 124 Å². The lowest BCUT2D eigenvalue weighted by Gasteiger charge is -2.30. The molecule has 0 aliphatic carbocycles. The molecule has 4 unspecified atom stereocenters. The zero-order chi connectivity index (χ0) is 36.1. The van der Waals surface area contributed by atoms with Crippen LogP contribution in [0.3, 0.4) is 0 Å². The van der Waals surface area contributed by atoms with Crippen molar-refractivity contribution in [3.05, 3.63) is 23.7 Å². The van der Waals surface area contributed by atoms with E-state index in [9.17, 15) is 14.4 Å². The van der Waals surface area contributed by atoms with Crippen molar-refractivity contribution >= 4 is 18.1 Å². The normalized spacial score (nSPS) is 16.1. The zero-order valence-electron chi connectivity index (χ0n) is 30.7. The molecule has 0 aromatic rings. The Bertz CT molecular complexity index is 951. The molecule has 0 fully saturated rings. The predicted octanol–water partition coefficient (Wildman–Crippen LogP) is 7.78. The largest absolute Gasteiger partial charge is 0.512 e. The predicted molar refractivity (Wildman–Crippen MR) is 168 cm³/mol. The number of ether oxygens (including phenoxy) is 6. The molecule has 46 heavy (non-hydrogen) atoms. The van der Waals surface area contributed by atoms with Gasteiger partial charge in [0.2, 0.25) is 25.2 Å². The molecule has 0 aromatic carbocycles. The van der Waals surface area contributed by atoms with Crippen LogP contribution in [0, 0.1) is 10.8 Å². The van der Waals surface area contributed by atoms with Crippen molar-refractivity contribution in [3.63, 3.8) is 0 Å². The molecule has 0 aliphatic heterocycles. The lowest BCUT2D eigenvalue weighted by atomic mass is 9.84. The third-order valence-corrected chi connectivity index (χ3v) is 5.39. The summed E-state index contributed by atoms with van der Waals surface area (Å²) in [7, 11) is 0. The molecule has 0 aliphatic rings. The van der Waals surface area contributed by atoms with Crippen molar-refractivity contribution < 1.29 is 62.4 Å². The standard InChI is InChI=1S/C33H58O13/c1-21(17-37-45-32(13,14)19-30(7,8)9)27(34)41-23(3)39-25(5)43-29(36)44-26(6)40-24(4)42-28(35)22(2)18-38-46-33(15,16)20-31(10,11)12/h17-18,23-26H,19-20H2,1-16H3/b21-17+,22-18+. The highest BCUT2D eigenvalue weighted by Crippen LogP contribution is 2.30. The molecule has 13 heteroatoms. The first-order chi connectivity index (χ1) is 20.7. The van der Waals surface area contributed by atoms with Gasteiger partial charge in [-0.05, 0) is 92.9 Å². The molecule has 4 atom stereocenters. The molecule has 0 bridgehead atoms. The molecule has 13 nitrogen and oxygen atoms in total. The Labute approximate surface area is 275 Å². The van der Waals surface area contributed by atoms with Crippen LogP contribution in [0.5, 0.6) is 0 Å². The average Bonchev–Trinajstić information content (AvgIpc) is 2.79. The second-order valence-electron chi connectivity index (χ2n) is 14.8. The summed E-state index contributed by atoms with van der Waals surface area (Å²) >= 11 is 0. The first-order valence-corrected chi connectivity index (χ1v) is 15.3. The second-order valence-corrected chi connectivity index (χ2v) is 14.8. The molecule has 0 heterocycles. The lowest BCUT2D eigenvalue weighted by molar-refractivity contribution is -0.322. The van der Waals surface area contributed by atoms with Crippen molar-refractivity contribution in [2.75, 3.05) is 0 Å². The summed E-state index contributed by atoms with van der Waals surface area (Å²) in [5.41, 5.74) is -0.856. The fourth-order valence-electron chi connectivity index (χ4n) is 4.60. The van der Waals surface area contributed by atoms with Gasteiger partial charge in [0, 0.05) is 0 Å². The number of carbonyl (C=O) groups is 3. The maximum Gasteiger partial charge on any atom is 0.512 e. The Balaban J connectivity index is 4.58. The molecular formula is C33H58O13. The Morgan fingerprint density at radius 2 is 0.804 bits per heavy atom. The fourth-order valence-corrected chi connectivity index (χ4v) is 4.60. The minimum atomic E-state index is -1.15. The number of esters is 2. The number of hydrogen-bond donors (Lipinski definition) is 0. The van der Waals surface area contributed by atoms with Crippen LogP contribution >= 0.6 is 0 Å². The molecule has 0 spiro atoms. The average molecular weight is 663 g/mol. The van der Waals surface area contributed by atoms with E-state index in [-0.39, 0.29) is 22.0 Å². The Hall–Kier alpha value is -2.87. The van der Waals surface area contributed by atoms with Crippen LogP contribution in [-0.4, -0.2) is 54.5 Å². The highest BCUT2D eigenvalue weighted by Gasteiger charge is 2.29. The molecule has 268 valence electrons. The van der Waals surface area contributed by atoms with Gasteiger partial charge in [0.1, 0.15) is 23.7 Å². The minimum absolute atomic E-state index is 0.0216. The summed E-state index contributed by atoms with van der Waals surface area (Å²) in [6.07, 6.45) is -1.86. The van der Waals surface area contributed by atoms with Gasteiger partial charge in [0.25, 0.3) is 0 Å². The maximum atomic E-state index is 12.3. The first kappa shape index (κ1) is 43.1. The molecule has 0 amide bonds. The lowest BCUT2D eigenvalue weighted by Crippen LogP contribution is -2.31. The monoisotopic (exact) mass is 662 g/mol. The van der Waals surface area contributed by atoms with Gasteiger partial charge in [-0.2, -0.15) is 9.78 Å². The van der Waals surface area contributed by atoms with Crippen molar-refractivity contribution in [1.29, 1.82) is 0 Å². The van der Waals surface area contributed by atoms with E-state index in [0.717, 1.165) is 25.4 Å². The van der Waals surface area contributed by atoms with Crippen molar-refractivity contribution in [1.82, 2.24) is 0 Å². The van der Waals surface area contributed by atoms with Gasteiger partial charge < -0.3 is 38.2 Å². The molecule has 0 radical (unpaired) electrons. The summed E-state index contributed by atoms with van der Waals surface area (Å²) in [5, 5.41) is 0. The number of hydrogen-bond acceptors (Lipinski definition) is 13. The quantitative estimate of drug-likeness (QED) is 0.0268. The van der Waals surface area contributed by atoms with E-state index in [1.165, 1.54) is 41.5 Å². The van der Waals surface area contributed by atoms with E-state index in [4.69, 9.17) is 48.0 Å². The third-order valence-electron chi connectivity index (χ3n) is 5.39. The highest BCUT2D eigenvalue weighted by molar-refractivity contribution is 5.87. The maximum absolute atomic E-state index is 12.3. The van der Waals surface area contributed by atoms with Crippen molar-refractivity contribution in [3.8, 4) is 0 Å². The van der Waals surface area contributed by atoms with Gasteiger partial charge in [-0.25, -0.2) is 14.4 Å². The number of carbonyl (C=O) groups excluding carboxylic acids is 3. The van der Waals surface area contributed by atoms with E-state index in [0.29, 0.717) is 0 Å². The van der Waals surface area contributed by atoms with Gasteiger partial charge in [-0.1, -0.05) is 41.5 Å².